The number of nitrogens with zero attached hydrogens (tertiary/aromatic N) is 4. The van der Waals surface area contributed by atoms with Crippen LogP contribution in [0, 0.1) is 24.7 Å². The van der Waals surface area contributed by atoms with Gasteiger partial charge >= 0.3 is 17.6 Å². The number of nitrogens with two attached hydrogens (primary N) is 1. The molecular weight excluding hydrogens is 454 g/mol. The third-order valence-corrected chi connectivity index (χ3v) is 7.23. The second-order valence-electron chi connectivity index (χ2n) is 9.27. The van der Waals surface area contributed by atoms with E-state index in [9.17, 15) is 4.79 Å². The van der Waals surface area contributed by atoms with Gasteiger partial charge in [-0.05, 0) is 34.9 Å². The molecule has 2 aromatic heterocycles. The van der Waals surface area contributed by atoms with Gasteiger partial charge in [0.05, 0.1) is 24.1 Å². The SMILES string of the molecule is Cc1ccc2cc(N)cc3c2c1C#[N+][C@]1(F)[C@@H]2COCCN(c4nc(=O)[nH]c5c(F)c-3ncc45)[C@@H]21. The molecule has 3 N–H and O–H groups in total. The maximum atomic E-state index is 16.3. The summed E-state index contributed by atoms with van der Waals surface area (Å²) < 4.78 is 38.0. The van der Waals surface area contributed by atoms with Crippen molar-refractivity contribution in [1.29, 1.82) is 0 Å². The maximum Gasteiger partial charge on any atom is 0.445 e. The summed E-state index contributed by atoms with van der Waals surface area (Å²) >= 11 is 0. The molecule has 8 nitrogen and oxygen atoms in total. The number of H-pyrrole nitrogens is 1. The number of pyridine rings is 1. The van der Waals surface area contributed by atoms with E-state index in [0.29, 0.717) is 34.2 Å². The van der Waals surface area contributed by atoms with Crippen molar-refractivity contribution < 1.29 is 13.5 Å². The first-order valence-electron chi connectivity index (χ1n) is 11.3. The van der Waals surface area contributed by atoms with Gasteiger partial charge in [-0.1, -0.05) is 12.1 Å². The molecule has 1 saturated heterocycles. The molecule has 8 rings (SSSR count). The van der Waals surface area contributed by atoms with E-state index in [1.807, 2.05) is 19.1 Å². The van der Waals surface area contributed by atoms with Crippen LogP contribution in [0.5, 0.6) is 0 Å². The molecule has 3 atom stereocenters. The van der Waals surface area contributed by atoms with Gasteiger partial charge in [0.15, 0.2) is 11.9 Å². The molecule has 10 heteroatoms. The van der Waals surface area contributed by atoms with Gasteiger partial charge in [-0.15, -0.1) is 0 Å². The fourth-order valence-electron chi connectivity index (χ4n) is 5.48. The molecule has 35 heavy (non-hydrogen) atoms. The maximum absolute atomic E-state index is 16.3. The number of ether oxygens (including phenoxy) is 1. The minimum absolute atomic E-state index is 0.00712. The number of fused-ring (bicyclic) bond motifs is 1. The fraction of sp³-hybridized carbons (Fsp3) is 0.280. The summed E-state index contributed by atoms with van der Waals surface area (Å²) in [5.41, 5.74) is 7.50. The van der Waals surface area contributed by atoms with Crippen molar-refractivity contribution in [3.8, 4) is 17.3 Å². The van der Waals surface area contributed by atoms with E-state index in [0.717, 1.165) is 5.56 Å². The van der Waals surface area contributed by atoms with E-state index in [-0.39, 0.29) is 35.6 Å². The van der Waals surface area contributed by atoms with E-state index >= 15 is 8.78 Å². The molecule has 3 aliphatic heterocycles. The molecule has 1 saturated carbocycles. The van der Waals surface area contributed by atoms with Gasteiger partial charge in [0, 0.05) is 29.4 Å². The first-order chi connectivity index (χ1) is 16.9. The summed E-state index contributed by atoms with van der Waals surface area (Å²) in [4.78, 5) is 29.6. The summed E-state index contributed by atoms with van der Waals surface area (Å²) in [6.07, 6.45) is 1.46. The number of aryl methyl sites for hydroxylation is 1. The number of nitrogens with one attached hydrogen (secondary N) is 1. The zero-order valence-corrected chi connectivity index (χ0v) is 18.6. The largest absolute Gasteiger partial charge is 0.445 e. The molecule has 5 heterocycles. The summed E-state index contributed by atoms with van der Waals surface area (Å²) in [5, 5.41) is 1.59. The Labute approximate surface area is 197 Å². The van der Waals surface area contributed by atoms with Crippen LogP contribution >= 0.6 is 0 Å². The highest BCUT2D eigenvalue weighted by molar-refractivity contribution is 6.04. The average molecular weight is 473 g/mol. The normalized spacial score (nSPS) is 24.3. The lowest BCUT2D eigenvalue weighted by Crippen LogP contribution is -2.35. The highest BCUT2D eigenvalue weighted by atomic mass is 19.1. The van der Waals surface area contributed by atoms with Crippen LogP contribution in [0.3, 0.4) is 0 Å². The van der Waals surface area contributed by atoms with Crippen LogP contribution < -0.4 is 16.3 Å². The van der Waals surface area contributed by atoms with Gasteiger partial charge in [-0.2, -0.15) is 9.37 Å². The molecule has 0 amide bonds. The van der Waals surface area contributed by atoms with Crippen molar-refractivity contribution in [3.63, 3.8) is 0 Å². The summed E-state index contributed by atoms with van der Waals surface area (Å²) in [6, 6.07) is 9.32. The Bertz CT molecular complexity index is 1730. The molecule has 4 aliphatic rings. The number of halogens is 2. The summed E-state index contributed by atoms with van der Waals surface area (Å²) in [7, 11) is 0. The molecule has 174 valence electrons. The third kappa shape index (κ3) is 2.70. The predicted molar refractivity (Wildman–Crippen MR) is 128 cm³/mol. The highest BCUT2D eigenvalue weighted by Gasteiger charge is 2.81. The van der Waals surface area contributed by atoms with Crippen LogP contribution in [-0.4, -0.2) is 46.5 Å². The molecule has 0 spiro atoms. The van der Waals surface area contributed by atoms with Crippen LogP contribution in [0.1, 0.15) is 11.1 Å². The van der Waals surface area contributed by atoms with Crippen LogP contribution in [0.25, 0.3) is 37.8 Å². The van der Waals surface area contributed by atoms with E-state index in [1.54, 1.807) is 17.0 Å². The van der Waals surface area contributed by atoms with Gasteiger partial charge < -0.3 is 20.4 Å². The Balaban J connectivity index is 1.68. The van der Waals surface area contributed by atoms with Crippen molar-refractivity contribution in [2.24, 2.45) is 5.92 Å². The number of benzene rings is 2. The second-order valence-corrected chi connectivity index (χ2v) is 9.27. The minimum atomic E-state index is -2.00. The van der Waals surface area contributed by atoms with Gasteiger partial charge in [0.1, 0.15) is 23.0 Å². The van der Waals surface area contributed by atoms with Crippen molar-refractivity contribution in [2.75, 3.05) is 30.4 Å². The average Bonchev–Trinajstić information content (AvgIpc) is 3.48. The second kappa shape index (κ2) is 6.73. The lowest BCUT2D eigenvalue weighted by atomic mass is 9.93. The number of aromatic nitrogens is 3. The lowest BCUT2D eigenvalue weighted by molar-refractivity contribution is 0.122. The number of alkyl halides is 1. The van der Waals surface area contributed by atoms with Crippen molar-refractivity contribution in [2.45, 2.75) is 18.8 Å². The quantitative estimate of drug-likeness (QED) is 0.300. The number of hydrogen-bond acceptors (Lipinski definition) is 6. The van der Waals surface area contributed by atoms with E-state index in [4.69, 9.17) is 10.5 Å². The molecular formula is C25H19F2N6O2+. The van der Waals surface area contributed by atoms with E-state index in [1.165, 1.54) is 6.20 Å². The topological polar surface area (TPSA) is 101 Å². The van der Waals surface area contributed by atoms with Gasteiger partial charge in [-0.25, -0.2) is 9.18 Å². The number of anilines is 2. The first-order valence-corrected chi connectivity index (χ1v) is 11.3. The predicted octanol–water partition coefficient (Wildman–Crippen LogP) is 3.36. The van der Waals surface area contributed by atoms with Crippen LogP contribution in [0.4, 0.5) is 20.3 Å². The van der Waals surface area contributed by atoms with Gasteiger partial charge in [-0.3, -0.25) is 4.98 Å². The van der Waals surface area contributed by atoms with Gasteiger partial charge in [0.25, 0.3) is 0 Å². The monoisotopic (exact) mass is 473 g/mol. The van der Waals surface area contributed by atoms with Crippen molar-refractivity contribution in [1.82, 2.24) is 15.0 Å². The number of rotatable bonds is 0. The third-order valence-electron chi connectivity index (χ3n) is 7.23. The van der Waals surface area contributed by atoms with Gasteiger partial charge in [0.2, 0.25) is 0 Å². The highest BCUT2D eigenvalue weighted by Crippen LogP contribution is 2.55. The minimum Gasteiger partial charge on any atom is -0.399 e. The number of hydrogen-bond donors (Lipinski definition) is 2. The Hall–Kier alpha value is -4.10. The Morgan fingerprint density at radius 2 is 2.23 bits per heavy atom. The summed E-state index contributed by atoms with van der Waals surface area (Å²) in [6.45, 7) is 2.60. The molecule has 1 aliphatic carbocycles. The molecule has 4 aromatic rings. The van der Waals surface area contributed by atoms with E-state index < -0.39 is 29.3 Å². The van der Waals surface area contributed by atoms with Crippen LogP contribution in [-0.2, 0) is 4.74 Å². The summed E-state index contributed by atoms with van der Waals surface area (Å²) in [5.74, 6) is -3.15. The zero-order valence-electron chi connectivity index (χ0n) is 18.6. The molecule has 2 aromatic carbocycles. The molecule has 4 bridgehead atoms. The first kappa shape index (κ1) is 20.3. The Kier molecular flexibility index (Phi) is 3.90. The lowest BCUT2D eigenvalue weighted by Gasteiger charge is -2.22. The number of aromatic amines is 1. The van der Waals surface area contributed by atoms with Crippen molar-refractivity contribution >= 4 is 33.2 Å². The Morgan fingerprint density at radius 3 is 3.09 bits per heavy atom. The van der Waals surface area contributed by atoms with Crippen molar-refractivity contribution in [3.05, 3.63) is 62.7 Å². The fourth-order valence-corrected chi connectivity index (χ4v) is 5.48. The standard InChI is InChI=1S/C25H18F2N6O2/c1-11-2-3-12-6-13(28)7-14-18(12)15(11)9-30-25(27)17-10-35-5-4-33(22(17)25)23-16-8-29-20(14)19(26)21(16)31-24(34)32-23/h2-3,6-8,17,22H,4-5,10,28H2,1H3/p+1/t17-,22+,25-/m1/s1. The Morgan fingerprint density at radius 1 is 1.37 bits per heavy atom. The zero-order chi connectivity index (χ0) is 24.1. The van der Waals surface area contributed by atoms with Crippen LogP contribution in [0.2, 0.25) is 0 Å². The smallest absolute Gasteiger partial charge is 0.399 e. The molecule has 0 unspecified atom stereocenters. The molecule has 0 radical (unpaired) electrons. The van der Waals surface area contributed by atoms with Crippen LogP contribution in [0.15, 0.2) is 35.3 Å². The number of nitrogen functional groups attached to an aromatic ring is 1. The van der Waals surface area contributed by atoms with E-state index in [2.05, 4.69) is 25.9 Å². The molecule has 2 fully saturated rings.